The maximum Gasteiger partial charge on any atom is 0.472 e. The lowest BCUT2D eigenvalue weighted by Crippen LogP contribution is -2.64. The third-order valence-corrected chi connectivity index (χ3v) is 11.3. The molecule has 0 saturated heterocycles. The van der Waals surface area contributed by atoms with Gasteiger partial charge in [0.15, 0.2) is 6.10 Å². The van der Waals surface area contributed by atoms with Crippen molar-refractivity contribution >= 4 is 19.8 Å². The van der Waals surface area contributed by atoms with Crippen molar-refractivity contribution in [2.75, 3.05) is 13.2 Å². The lowest BCUT2D eigenvalue weighted by Gasteiger charge is -2.41. The average Bonchev–Trinajstić information content (AvgIpc) is 3.23. The molecule has 0 amide bonds. The van der Waals surface area contributed by atoms with E-state index in [1.807, 2.05) is 18.2 Å². The van der Waals surface area contributed by atoms with Crippen LogP contribution in [0.3, 0.4) is 0 Å². The minimum absolute atomic E-state index is 0.0147. The molecule has 354 valence electrons. The fraction of sp³-hybridized carbons (Fsp3) is 0.778. The number of hydrogen-bond acceptors (Lipinski definition) is 14. The number of aliphatic hydroxyl groups is 7. The summed E-state index contributed by atoms with van der Waals surface area (Å²) in [6.07, 6.45) is 19.0. The summed E-state index contributed by atoms with van der Waals surface area (Å²) in [5.41, 5.74) is 0. The van der Waals surface area contributed by atoms with Gasteiger partial charge in [0, 0.05) is 12.8 Å². The van der Waals surface area contributed by atoms with Gasteiger partial charge in [-0.3, -0.25) is 18.6 Å². The lowest BCUT2D eigenvalue weighted by molar-refractivity contribution is -0.220. The molecule has 0 aromatic carbocycles. The van der Waals surface area contributed by atoms with E-state index in [4.69, 9.17) is 18.5 Å². The van der Waals surface area contributed by atoms with Crippen LogP contribution in [0.5, 0.6) is 0 Å². The Morgan fingerprint density at radius 3 is 1.64 bits per heavy atom. The highest BCUT2D eigenvalue weighted by Gasteiger charge is 2.51. The zero-order valence-corrected chi connectivity index (χ0v) is 37.6. The third-order valence-electron chi connectivity index (χ3n) is 10.3. The second kappa shape index (κ2) is 35.1. The van der Waals surface area contributed by atoms with Gasteiger partial charge in [-0.2, -0.15) is 0 Å². The number of carbonyl (C=O) groups excluding carboxylic acids is 2. The largest absolute Gasteiger partial charge is 0.472 e. The van der Waals surface area contributed by atoms with Crippen LogP contribution in [0.25, 0.3) is 0 Å². The van der Waals surface area contributed by atoms with Crippen molar-refractivity contribution in [2.24, 2.45) is 0 Å². The molecule has 0 aromatic heterocycles. The molecule has 1 aliphatic rings. The summed E-state index contributed by atoms with van der Waals surface area (Å²) in [7, 11) is -5.16. The molecular weight excluding hydrogens is 811 g/mol. The van der Waals surface area contributed by atoms with Crippen LogP contribution in [-0.4, -0.2) is 121 Å². The monoisotopic (exact) mass is 891 g/mol. The van der Waals surface area contributed by atoms with Crippen molar-refractivity contribution in [3.8, 4) is 0 Å². The van der Waals surface area contributed by atoms with E-state index < -0.39 is 87.9 Å². The molecule has 1 fully saturated rings. The van der Waals surface area contributed by atoms with Crippen molar-refractivity contribution in [1.29, 1.82) is 0 Å². The van der Waals surface area contributed by atoms with E-state index in [9.17, 15) is 54.8 Å². The molecule has 1 saturated carbocycles. The van der Waals surface area contributed by atoms with E-state index in [0.717, 1.165) is 64.2 Å². The van der Waals surface area contributed by atoms with Gasteiger partial charge in [-0.05, 0) is 77.0 Å². The van der Waals surface area contributed by atoms with Gasteiger partial charge in [0.25, 0.3) is 0 Å². The van der Waals surface area contributed by atoms with E-state index in [1.165, 1.54) is 25.7 Å². The van der Waals surface area contributed by atoms with Crippen molar-refractivity contribution in [1.82, 2.24) is 0 Å². The Kier molecular flexibility index (Phi) is 32.7. The van der Waals surface area contributed by atoms with Gasteiger partial charge >= 0.3 is 19.8 Å². The van der Waals surface area contributed by atoms with E-state index in [-0.39, 0.29) is 12.8 Å². The van der Waals surface area contributed by atoms with E-state index in [2.05, 4.69) is 44.2 Å². The number of aliphatic hydroxyl groups excluding tert-OH is 7. The van der Waals surface area contributed by atoms with Gasteiger partial charge in [-0.25, -0.2) is 4.57 Å². The predicted octanol–water partition coefficient (Wildman–Crippen LogP) is 6.33. The number of unbranched alkanes of at least 4 members (excludes halogenated alkanes) is 12. The molecule has 1 aliphatic carbocycles. The highest BCUT2D eigenvalue weighted by molar-refractivity contribution is 7.47. The SMILES string of the molecule is CCCCC/C=C\C/C=C\C/C=C\CCCCC(=O)O[C@H](COC(=O)CCCCCCC[C@@H](O)[C@H](O)C/C=C\CCCCC)COP(=O)(O)OC1[C@H](O)[C@H](O)C(O)[C@H](O)[C@H]1O. The first-order valence-electron chi connectivity index (χ1n) is 22.6. The summed E-state index contributed by atoms with van der Waals surface area (Å²) >= 11 is 0. The van der Waals surface area contributed by atoms with Gasteiger partial charge in [-0.15, -0.1) is 0 Å². The highest BCUT2D eigenvalue weighted by atomic mass is 31.2. The summed E-state index contributed by atoms with van der Waals surface area (Å²) in [4.78, 5) is 35.7. The number of carbonyl (C=O) groups is 2. The standard InChI is InChI=1S/C45H79O15P/c1-3-5-7-9-11-12-13-14-15-16-17-18-19-23-28-32-39(49)59-35(34-58-61(55,56)60-45-43(53)41(51)40(50)42(52)44(45)54)33-57-38(48)31-27-24-20-22-26-30-37(47)36(46)29-25-21-10-8-6-4-2/h11-12,14-15,17-18,21,25,35-37,40-47,50-54H,3-10,13,16,19-20,22-24,26-34H2,1-2H3,(H,55,56)/b12-11-,15-14-,18-17-,25-21-/t35-,36-,37-,40?,41-,42+,43-,44-,45?/m1/s1. The summed E-state index contributed by atoms with van der Waals surface area (Å²) in [5.74, 6) is -1.26. The molecule has 0 bridgehead atoms. The summed E-state index contributed by atoms with van der Waals surface area (Å²) < 4.78 is 33.4. The van der Waals surface area contributed by atoms with Gasteiger partial charge in [0.2, 0.25) is 0 Å². The molecule has 0 aliphatic heterocycles. The quantitative estimate of drug-likeness (QED) is 0.0148. The maximum absolute atomic E-state index is 12.8. The molecule has 10 atom stereocenters. The number of rotatable bonds is 36. The smallest absolute Gasteiger partial charge is 0.462 e. The molecular formula is C45H79O15P. The Labute approximate surface area is 364 Å². The Balaban J connectivity index is 2.56. The number of phosphoric acid groups is 1. The van der Waals surface area contributed by atoms with Crippen LogP contribution in [0.15, 0.2) is 48.6 Å². The Hall–Kier alpha value is -2.27. The number of esters is 2. The van der Waals surface area contributed by atoms with Crippen LogP contribution in [0.1, 0.15) is 155 Å². The molecule has 0 heterocycles. The zero-order chi connectivity index (χ0) is 45.3. The van der Waals surface area contributed by atoms with Crippen LogP contribution >= 0.6 is 7.82 Å². The fourth-order valence-corrected chi connectivity index (χ4v) is 7.46. The first-order valence-corrected chi connectivity index (χ1v) is 24.1. The predicted molar refractivity (Wildman–Crippen MR) is 233 cm³/mol. The van der Waals surface area contributed by atoms with E-state index in [0.29, 0.717) is 38.5 Å². The van der Waals surface area contributed by atoms with Crippen molar-refractivity contribution in [2.45, 2.75) is 210 Å². The molecule has 1 rings (SSSR count). The van der Waals surface area contributed by atoms with E-state index in [1.54, 1.807) is 0 Å². The van der Waals surface area contributed by atoms with Crippen LogP contribution in [-0.2, 0) is 32.7 Å². The minimum Gasteiger partial charge on any atom is -0.462 e. The molecule has 3 unspecified atom stereocenters. The first kappa shape index (κ1) is 56.7. The number of phosphoric ester groups is 1. The lowest BCUT2D eigenvalue weighted by atomic mass is 9.85. The normalized spacial score (nSPS) is 23.5. The summed E-state index contributed by atoms with van der Waals surface area (Å²) in [5, 5.41) is 70.5. The third kappa shape index (κ3) is 27.5. The van der Waals surface area contributed by atoms with Gasteiger partial charge in [0.1, 0.15) is 43.2 Å². The van der Waals surface area contributed by atoms with Crippen LogP contribution < -0.4 is 0 Å². The molecule has 0 spiro atoms. The molecule has 61 heavy (non-hydrogen) atoms. The van der Waals surface area contributed by atoms with Gasteiger partial charge < -0.3 is 50.1 Å². The second-order valence-electron chi connectivity index (χ2n) is 15.9. The number of allylic oxidation sites excluding steroid dienone is 7. The van der Waals surface area contributed by atoms with Crippen molar-refractivity contribution in [3.05, 3.63) is 48.6 Å². The molecule has 8 N–H and O–H groups in total. The van der Waals surface area contributed by atoms with Crippen LogP contribution in [0, 0.1) is 0 Å². The van der Waals surface area contributed by atoms with Crippen LogP contribution in [0.4, 0.5) is 0 Å². The Bertz CT molecular complexity index is 1290. The fourth-order valence-electron chi connectivity index (χ4n) is 6.49. The first-order chi connectivity index (χ1) is 29.2. The molecule has 16 heteroatoms. The van der Waals surface area contributed by atoms with Gasteiger partial charge in [0.05, 0.1) is 18.8 Å². The summed E-state index contributed by atoms with van der Waals surface area (Å²) in [6.45, 7) is 3.03. The number of hydrogen-bond donors (Lipinski definition) is 8. The topological polar surface area (TPSA) is 250 Å². The molecule has 0 radical (unpaired) electrons. The van der Waals surface area contributed by atoms with Crippen molar-refractivity contribution in [3.63, 3.8) is 0 Å². The van der Waals surface area contributed by atoms with Gasteiger partial charge in [-0.1, -0.05) is 114 Å². The number of ether oxygens (including phenoxy) is 2. The van der Waals surface area contributed by atoms with Crippen LogP contribution in [0.2, 0.25) is 0 Å². The average molecular weight is 891 g/mol. The zero-order valence-electron chi connectivity index (χ0n) is 36.7. The maximum atomic E-state index is 12.8. The minimum atomic E-state index is -5.16. The molecule has 15 nitrogen and oxygen atoms in total. The molecule has 0 aromatic rings. The van der Waals surface area contributed by atoms with E-state index >= 15 is 0 Å². The summed E-state index contributed by atoms with van der Waals surface area (Å²) in [6, 6.07) is 0. The van der Waals surface area contributed by atoms with Crippen molar-refractivity contribution < 1.29 is 73.3 Å². The Morgan fingerprint density at radius 1 is 0.574 bits per heavy atom. The highest BCUT2D eigenvalue weighted by Crippen LogP contribution is 2.47. The second-order valence-corrected chi connectivity index (χ2v) is 17.3. The Morgan fingerprint density at radius 2 is 1.05 bits per heavy atom.